The molecule has 0 aromatic heterocycles. The molecule has 1 N–H and O–H groups in total. The molecule has 2 aromatic carbocycles. The summed E-state index contributed by atoms with van der Waals surface area (Å²) in [7, 11) is 0. The molecule has 1 heterocycles. The molecule has 0 saturated carbocycles. The summed E-state index contributed by atoms with van der Waals surface area (Å²) in [5, 5.41) is 3.99. The van der Waals surface area contributed by atoms with E-state index in [9.17, 15) is 0 Å². The van der Waals surface area contributed by atoms with E-state index in [1.54, 1.807) is 0 Å². The first-order valence-electron chi connectivity index (χ1n) is 8.08. The van der Waals surface area contributed by atoms with Crippen molar-refractivity contribution in [1.82, 2.24) is 5.32 Å². The van der Waals surface area contributed by atoms with Gasteiger partial charge in [-0.1, -0.05) is 54.2 Å². The smallest absolute Gasteiger partial charge is 0.120 e. The number of ether oxygens (including phenoxy) is 2. The van der Waals surface area contributed by atoms with Gasteiger partial charge in [0.05, 0.1) is 6.10 Å². The summed E-state index contributed by atoms with van der Waals surface area (Å²) >= 11 is 11.6. The SMILES string of the molecule is S=C(NC[C@H]1CCCO1)c1cccc(OCc2ccccc2Cl)c1. The molecule has 0 radical (unpaired) electrons. The van der Waals surface area contributed by atoms with Crippen molar-refractivity contribution in [2.75, 3.05) is 13.2 Å². The molecule has 0 spiro atoms. The largest absolute Gasteiger partial charge is 0.489 e. The zero-order chi connectivity index (χ0) is 16.8. The highest BCUT2D eigenvalue weighted by molar-refractivity contribution is 7.80. The Morgan fingerprint density at radius 3 is 2.92 bits per heavy atom. The van der Waals surface area contributed by atoms with E-state index >= 15 is 0 Å². The highest BCUT2D eigenvalue weighted by Gasteiger charge is 2.15. The number of nitrogens with one attached hydrogen (secondary N) is 1. The van der Waals surface area contributed by atoms with Crippen molar-refractivity contribution in [2.24, 2.45) is 0 Å². The second-order valence-corrected chi connectivity index (χ2v) is 6.57. The molecule has 0 unspecified atom stereocenters. The van der Waals surface area contributed by atoms with E-state index in [1.165, 1.54) is 0 Å². The van der Waals surface area contributed by atoms with Gasteiger partial charge in [0.1, 0.15) is 17.3 Å². The standard InChI is InChI=1S/C19H20ClNO2S/c20-18-9-2-1-5-15(18)13-23-16-7-3-6-14(11-16)19(24)21-12-17-8-4-10-22-17/h1-3,5-7,9,11,17H,4,8,10,12-13H2,(H,21,24)/t17-/m1/s1. The van der Waals surface area contributed by atoms with Gasteiger partial charge in [-0.25, -0.2) is 0 Å². The third-order valence-corrected chi connectivity index (χ3v) is 4.71. The molecule has 1 aliphatic heterocycles. The van der Waals surface area contributed by atoms with Crippen LogP contribution in [-0.4, -0.2) is 24.2 Å². The van der Waals surface area contributed by atoms with Crippen LogP contribution in [0.1, 0.15) is 24.0 Å². The lowest BCUT2D eigenvalue weighted by molar-refractivity contribution is 0.114. The fourth-order valence-corrected chi connectivity index (χ4v) is 3.02. The summed E-state index contributed by atoms with van der Waals surface area (Å²) in [4.78, 5) is 0.716. The zero-order valence-electron chi connectivity index (χ0n) is 13.3. The van der Waals surface area contributed by atoms with E-state index in [1.807, 2.05) is 48.5 Å². The van der Waals surface area contributed by atoms with Crippen molar-refractivity contribution in [3.05, 3.63) is 64.7 Å². The molecule has 0 aliphatic carbocycles. The van der Waals surface area contributed by atoms with Crippen LogP contribution in [0.2, 0.25) is 5.02 Å². The number of rotatable bonds is 6. The molecule has 3 nitrogen and oxygen atoms in total. The van der Waals surface area contributed by atoms with Crippen LogP contribution >= 0.6 is 23.8 Å². The molecule has 1 atom stereocenters. The quantitative estimate of drug-likeness (QED) is 0.774. The fourth-order valence-electron chi connectivity index (χ4n) is 2.62. The van der Waals surface area contributed by atoms with Crippen LogP contribution in [0.25, 0.3) is 0 Å². The van der Waals surface area contributed by atoms with E-state index in [0.29, 0.717) is 16.6 Å². The van der Waals surface area contributed by atoms with Crippen LogP contribution in [0.15, 0.2) is 48.5 Å². The molecule has 3 rings (SSSR count). The molecule has 0 amide bonds. The van der Waals surface area contributed by atoms with E-state index in [4.69, 9.17) is 33.3 Å². The van der Waals surface area contributed by atoms with Gasteiger partial charge in [-0.3, -0.25) is 0 Å². The van der Waals surface area contributed by atoms with Gasteiger partial charge in [0.25, 0.3) is 0 Å². The highest BCUT2D eigenvalue weighted by Crippen LogP contribution is 2.20. The number of hydrogen-bond acceptors (Lipinski definition) is 3. The topological polar surface area (TPSA) is 30.5 Å². The van der Waals surface area contributed by atoms with Crippen molar-refractivity contribution in [1.29, 1.82) is 0 Å². The van der Waals surface area contributed by atoms with Crippen LogP contribution < -0.4 is 10.1 Å². The maximum absolute atomic E-state index is 6.15. The van der Waals surface area contributed by atoms with Gasteiger partial charge in [-0.2, -0.15) is 0 Å². The van der Waals surface area contributed by atoms with Gasteiger partial charge in [0, 0.05) is 29.3 Å². The van der Waals surface area contributed by atoms with Crippen molar-refractivity contribution >= 4 is 28.8 Å². The Kier molecular flexibility index (Phi) is 6.07. The normalized spacial score (nSPS) is 16.8. The van der Waals surface area contributed by atoms with Gasteiger partial charge in [0.15, 0.2) is 0 Å². The molecule has 24 heavy (non-hydrogen) atoms. The average Bonchev–Trinajstić information content (AvgIpc) is 3.13. The first-order chi connectivity index (χ1) is 11.7. The Hall–Kier alpha value is -1.62. The summed E-state index contributed by atoms with van der Waals surface area (Å²) in [6.07, 6.45) is 2.49. The molecular weight excluding hydrogens is 342 g/mol. The van der Waals surface area contributed by atoms with Crippen LogP contribution in [0, 0.1) is 0 Å². The third-order valence-electron chi connectivity index (χ3n) is 3.96. The summed E-state index contributed by atoms with van der Waals surface area (Å²) < 4.78 is 11.4. The molecule has 1 saturated heterocycles. The summed E-state index contributed by atoms with van der Waals surface area (Å²) in [5.41, 5.74) is 1.91. The highest BCUT2D eigenvalue weighted by atomic mass is 35.5. The minimum Gasteiger partial charge on any atom is -0.489 e. The first-order valence-corrected chi connectivity index (χ1v) is 8.87. The monoisotopic (exact) mass is 361 g/mol. The maximum atomic E-state index is 6.15. The Morgan fingerprint density at radius 1 is 1.25 bits per heavy atom. The third kappa shape index (κ3) is 4.69. The maximum Gasteiger partial charge on any atom is 0.120 e. The van der Waals surface area contributed by atoms with Gasteiger partial charge < -0.3 is 14.8 Å². The van der Waals surface area contributed by atoms with E-state index in [-0.39, 0.29) is 6.10 Å². The van der Waals surface area contributed by atoms with Crippen LogP contribution in [0.5, 0.6) is 5.75 Å². The van der Waals surface area contributed by atoms with Crippen molar-refractivity contribution < 1.29 is 9.47 Å². The van der Waals surface area contributed by atoms with Gasteiger partial charge in [-0.05, 0) is 31.0 Å². The van der Waals surface area contributed by atoms with Crippen molar-refractivity contribution in [3.8, 4) is 5.75 Å². The molecule has 0 bridgehead atoms. The van der Waals surface area contributed by atoms with Gasteiger partial charge >= 0.3 is 0 Å². The van der Waals surface area contributed by atoms with E-state index in [0.717, 1.165) is 42.9 Å². The van der Waals surface area contributed by atoms with Crippen LogP contribution in [-0.2, 0) is 11.3 Å². The predicted molar refractivity (Wildman–Crippen MR) is 101 cm³/mol. The van der Waals surface area contributed by atoms with E-state index < -0.39 is 0 Å². The Balaban J connectivity index is 1.57. The minimum absolute atomic E-state index is 0.266. The Labute approximate surface area is 152 Å². The summed E-state index contributed by atoms with van der Waals surface area (Å²) in [6, 6.07) is 15.5. The summed E-state index contributed by atoms with van der Waals surface area (Å²) in [6.45, 7) is 2.03. The second-order valence-electron chi connectivity index (χ2n) is 5.75. The number of thiocarbonyl (C=S) groups is 1. The van der Waals surface area contributed by atoms with Gasteiger partial charge in [0.2, 0.25) is 0 Å². The first kappa shape index (κ1) is 17.2. The Morgan fingerprint density at radius 2 is 2.12 bits per heavy atom. The second kappa shape index (κ2) is 8.47. The molecule has 1 aliphatic rings. The lowest BCUT2D eigenvalue weighted by Gasteiger charge is -2.14. The lowest BCUT2D eigenvalue weighted by atomic mass is 10.2. The van der Waals surface area contributed by atoms with Crippen LogP contribution in [0.4, 0.5) is 0 Å². The number of hydrogen-bond donors (Lipinski definition) is 1. The molecule has 126 valence electrons. The molecule has 5 heteroatoms. The van der Waals surface area contributed by atoms with Gasteiger partial charge in [-0.15, -0.1) is 0 Å². The summed E-state index contributed by atoms with van der Waals surface area (Å²) in [5.74, 6) is 0.772. The van der Waals surface area contributed by atoms with Crippen molar-refractivity contribution in [2.45, 2.75) is 25.6 Å². The van der Waals surface area contributed by atoms with Crippen molar-refractivity contribution in [3.63, 3.8) is 0 Å². The zero-order valence-corrected chi connectivity index (χ0v) is 14.9. The molecule has 1 fully saturated rings. The minimum atomic E-state index is 0.266. The fraction of sp³-hybridized carbons (Fsp3) is 0.316. The van der Waals surface area contributed by atoms with E-state index in [2.05, 4.69) is 5.32 Å². The average molecular weight is 362 g/mol. The number of benzene rings is 2. The number of halogens is 1. The Bertz CT molecular complexity index is 701. The molecular formula is C19H20ClNO2S. The molecule has 2 aromatic rings. The lowest BCUT2D eigenvalue weighted by Crippen LogP contribution is -2.31. The predicted octanol–water partition coefficient (Wildman–Crippen LogP) is 4.36. The van der Waals surface area contributed by atoms with Crippen LogP contribution in [0.3, 0.4) is 0 Å².